The minimum Gasteiger partial charge on any atom is -0.380 e. The van der Waals surface area contributed by atoms with E-state index in [0.717, 1.165) is 12.0 Å². The Balaban J connectivity index is 2.89. The number of nitrogens with zero attached hydrogens (tertiary/aromatic N) is 2. The molecule has 0 N–H and O–H groups in total. The highest BCUT2D eigenvalue weighted by molar-refractivity contribution is 5.78. The Morgan fingerprint density at radius 2 is 1.81 bits per heavy atom. The van der Waals surface area contributed by atoms with Crippen LogP contribution in [0.15, 0.2) is 18.2 Å². The molecule has 0 atom stereocenters. The van der Waals surface area contributed by atoms with Gasteiger partial charge in [-0.1, -0.05) is 0 Å². The number of ether oxygens (including phenoxy) is 2. The molecule has 21 heavy (non-hydrogen) atoms. The molecule has 114 valence electrons. The van der Waals surface area contributed by atoms with Crippen molar-refractivity contribution in [3.05, 3.63) is 29.3 Å². The van der Waals surface area contributed by atoms with Gasteiger partial charge in [0.25, 0.3) is 0 Å². The van der Waals surface area contributed by atoms with E-state index >= 15 is 0 Å². The topological polar surface area (TPSA) is 62.6 Å². The lowest BCUT2D eigenvalue weighted by atomic mass is 10.1. The fourth-order valence-electron chi connectivity index (χ4n) is 1.98. The molecule has 0 amide bonds. The minimum absolute atomic E-state index is 0.493. The zero-order valence-corrected chi connectivity index (χ0v) is 12.7. The summed E-state index contributed by atoms with van der Waals surface area (Å²) in [4.78, 5) is 12.9. The molecule has 1 rings (SSSR count). The van der Waals surface area contributed by atoms with Crippen LogP contribution in [-0.4, -0.2) is 45.8 Å². The van der Waals surface area contributed by atoms with Gasteiger partial charge in [0.05, 0.1) is 24.5 Å². The quantitative estimate of drug-likeness (QED) is 0.488. The smallest absolute Gasteiger partial charge is 0.150 e. The van der Waals surface area contributed by atoms with Crippen molar-refractivity contribution in [3.8, 4) is 6.07 Å². The molecule has 0 spiro atoms. The van der Waals surface area contributed by atoms with E-state index in [1.54, 1.807) is 18.2 Å². The lowest BCUT2D eigenvalue weighted by Gasteiger charge is -2.25. The summed E-state index contributed by atoms with van der Waals surface area (Å²) in [5.74, 6) is 0. The predicted octanol–water partition coefficient (Wildman–Crippen LogP) is 2.25. The highest BCUT2D eigenvalue weighted by atomic mass is 16.5. The third-order valence-electron chi connectivity index (χ3n) is 3.04. The van der Waals surface area contributed by atoms with Gasteiger partial charge < -0.3 is 14.4 Å². The van der Waals surface area contributed by atoms with Crippen LogP contribution < -0.4 is 4.90 Å². The number of benzene rings is 1. The molecular formula is C16H22N2O3. The number of nitriles is 1. The molecule has 1 aromatic carbocycles. The van der Waals surface area contributed by atoms with Gasteiger partial charge in [0.15, 0.2) is 0 Å². The van der Waals surface area contributed by atoms with Crippen LogP contribution >= 0.6 is 0 Å². The van der Waals surface area contributed by atoms with E-state index in [1.165, 1.54) is 0 Å². The predicted molar refractivity (Wildman–Crippen MR) is 81.7 cm³/mol. The minimum atomic E-state index is 0.493. The van der Waals surface area contributed by atoms with Crippen molar-refractivity contribution in [1.82, 2.24) is 0 Å². The number of hydrogen-bond acceptors (Lipinski definition) is 5. The van der Waals surface area contributed by atoms with Gasteiger partial charge in [-0.25, -0.2) is 0 Å². The molecule has 0 aliphatic heterocycles. The van der Waals surface area contributed by atoms with Crippen molar-refractivity contribution in [1.29, 1.82) is 5.26 Å². The normalized spacial score (nSPS) is 10.1. The summed E-state index contributed by atoms with van der Waals surface area (Å²) >= 11 is 0. The van der Waals surface area contributed by atoms with Gasteiger partial charge in [0.1, 0.15) is 12.4 Å². The van der Waals surface area contributed by atoms with Crippen molar-refractivity contribution >= 4 is 12.0 Å². The Labute approximate surface area is 126 Å². The highest BCUT2D eigenvalue weighted by Gasteiger charge is 2.12. The van der Waals surface area contributed by atoms with Crippen LogP contribution in [0.4, 0.5) is 5.69 Å². The molecule has 1 aromatic rings. The molecule has 0 aliphatic carbocycles. The zero-order chi connectivity index (χ0) is 15.5. The Hall–Kier alpha value is -1.90. The monoisotopic (exact) mass is 290 g/mol. The van der Waals surface area contributed by atoms with E-state index in [0.29, 0.717) is 50.6 Å². The average Bonchev–Trinajstić information content (AvgIpc) is 2.53. The van der Waals surface area contributed by atoms with Crippen molar-refractivity contribution in [2.75, 3.05) is 44.4 Å². The SMILES string of the molecule is CCOCCN(CCOCC)c1ccc(C=O)cc1C#N. The van der Waals surface area contributed by atoms with E-state index < -0.39 is 0 Å². The maximum absolute atomic E-state index is 10.8. The fourth-order valence-corrected chi connectivity index (χ4v) is 1.98. The van der Waals surface area contributed by atoms with Gasteiger partial charge >= 0.3 is 0 Å². The number of anilines is 1. The summed E-state index contributed by atoms with van der Waals surface area (Å²) < 4.78 is 10.8. The van der Waals surface area contributed by atoms with Crippen LogP contribution in [0, 0.1) is 11.3 Å². The van der Waals surface area contributed by atoms with E-state index in [2.05, 4.69) is 11.0 Å². The van der Waals surface area contributed by atoms with E-state index in [1.807, 2.05) is 13.8 Å². The summed E-state index contributed by atoms with van der Waals surface area (Å²) in [5, 5.41) is 9.28. The molecule has 0 saturated carbocycles. The number of carbonyl (C=O) groups excluding carboxylic acids is 1. The number of rotatable bonds is 10. The Bertz CT molecular complexity index is 473. The van der Waals surface area contributed by atoms with Gasteiger partial charge in [-0.2, -0.15) is 5.26 Å². The van der Waals surface area contributed by atoms with Crippen LogP contribution in [0.2, 0.25) is 0 Å². The Morgan fingerprint density at radius 3 is 2.29 bits per heavy atom. The molecule has 0 radical (unpaired) electrons. The van der Waals surface area contributed by atoms with E-state index in [9.17, 15) is 10.1 Å². The second-order valence-electron chi connectivity index (χ2n) is 4.39. The molecule has 0 saturated heterocycles. The zero-order valence-electron chi connectivity index (χ0n) is 12.7. The first-order valence-corrected chi connectivity index (χ1v) is 7.16. The lowest BCUT2D eigenvalue weighted by molar-refractivity contribution is 0.112. The third kappa shape index (κ3) is 5.54. The first kappa shape index (κ1) is 17.2. The average molecular weight is 290 g/mol. The Morgan fingerprint density at radius 1 is 1.19 bits per heavy atom. The van der Waals surface area contributed by atoms with Gasteiger partial charge in [-0.3, -0.25) is 4.79 Å². The van der Waals surface area contributed by atoms with Gasteiger partial charge in [0, 0.05) is 31.9 Å². The van der Waals surface area contributed by atoms with Gasteiger partial charge in [-0.15, -0.1) is 0 Å². The van der Waals surface area contributed by atoms with Gasteiger partial charge in [0.2, 0.25) is 0 Å². The molecule has 0 bridgehead atoms. The van der Waals surface area contributed by atoms with Crippen LogP contribution in [0.3, 0.4) is 0 Å². The Kier molecular flexibility index (Phi) is 8.10. The van der Waals surface area contributed by atoms with Crippen LogP contribution in [0.25, 0.3) is 0 Å². The van der Waals surface area contributed by atoms with Crippen LogP contribution in [0.1, 0.15) is 29.8 Å². The largest absolute Gasteiger partial charge is 0.380 e. The van der Waals surface area contributed by atoms with Crippen molar-refractivity contribution in [2.24, 2.45) is 0 Å². The first-order chi connectivity index (χ1) is 10.3. The second-order valence-corrected chi connectivity index (χ2v) is 4.39. The van der Waals surface area contributed by atoms with Crippen molar-refractivity contribution in [3.63, 3.8) is 0 Å². The molecule has 0 aliphatic rings. The van der Waals surface area contributed by atoms with Crippen LogP contribution in [-0.2, 0) is 9.47 Å². The summed E-state index contributed by atoms with van der Waals surface area (Å²) in [5.41, 5.74) is 1.81. The molecular weight excluding hydrogens is 268 g/mol. The third-order valence-corrected chi connectivity index (χ3v) is 3.04. The van der Waals surface area contributed by atoms with Gasteiger partial charge in [-0.05, 0) is 32.0 Å². The molecule has 0 unspecified atom stereocenters. The fraction of sp³-hybridized carbons (Fsp3) is 0.500. The highest BCUT2D eigenvalue weighted by Crippen LogP contribution is 2.21. The van der Waals surface area contributed by atoms with Crippen molar-refractivity contribution in [2.45, 2.75) is 13.8 Å². The number of carbonyl (C=O) groups is 1. The first-order valence-electron chi connectivity index (χ1n) is 7.16. The molecule has 5 nitrogen and oxygen atoms in total. The molecule has 0 aromatic heterocycles. The summed E-state index contributed by atoms with van der Waals surface area (Å²) in [7, 11) is 0. The van der Waals surface area contributed by atoms with E-state index in [-0.39, 0.29) is 0 Å². The maximum Gasteiger partial charge on any atom is 0.150 e. The maximum atomic E-state index is 10.8. The standard InChI is InChI=1S/C16H22N2O3/c1-3-20-9-7-18(8-10-21-4-2)16-6-5-14(13-19)11-15(16)12-17/h5-6,11,13H,3-4,7-10H2,1-2H3. The molecule has 5 heteroatoms. The molecule has 0 fully saturated rings. The number of hydrogen-bond donors (Lipinski definition) is 0. The van der Waals surface area contributed by atoms with Crippen LogP contribution in [0.5, 0.6) is 0 Å². The summed E-state index contributed by atoms with van der Waals surface area (Å²) in [6.45, 7) is 7.75. The summed E-state index contributed by atoms with van der Waals surface area (Å²) in [6, 6.07) is 7.28. The second kappa shape index (κ2) is 9.92. The van der Waals surface area contributed by atoms with Crippen molar-refractivity contribution < 1.29 is 14.3 Å². The molecule has 0 heterocycles. The van der Waals surface area contributed by atoms with E-state index in [4.69, 9.17) is 9.47 Å². The summed E-state index contributed by atoms with van der Waals surface area (Å²) in [6.07, 6.45) is 0.745. The number of aldehydes is 1. The lowest BCUT2D eigenvalue weighted by Crippen LogP contribution is -2.31.